The summed E-state index contributed by atoms with van der Waals surface area (Å²) in [5.74, 6) is -1.38. The first kappa shape index (κ1) is 17.2. The van der Waals surface area contributed by atoms with Gasteiger partial charge in [0.1, 0.15) is 12.4 Å². The molecule has 7 heteroatoms. The lowest BCUT2D eigenvalue weighted by atomic mass is 10.1. The van der Waals surface area contributed by atoms with Gasteiger partial charge in [0, 0.05) is 0 Å². The quantitative estimate of drug-likeness (QED) is 0.864. The lowest BCUT2D eigenvalue weighted by Crippen LogP contribution is -2.09. The van der Waals surface area contributed by atoms with Crippen molar-refractivity contribution in [3.63, 3.8) is 0 Å². The van der Waals surface area contributed by atoms with Gasteiger partial charge in [0.25, 0.3) is 0 Å². The number of carboxylic acids is 1. The molecule has 0 aromatic heterocycles. The summed E-state index contributed by atoms with van der Waals surface area (Å²) in [6, 6.07) is 9.36. The average molecular weight is 348 g/mol. The molecule has 1 aliphatic heterocycles. The Morgan fingerprint density at radius 2 is 1.92 bits per heavy atom. The Balaban J connectivity index is 1.86. The van der Waals surface area contributed by atoms with Crippen molar-refractivity contribution in [2.24, 2.45) is 0 Å². The molecule has 0 bridgehead atoms. The molecule has 0 radical (unpaired) electrons. The van der Waals surface area contributed by atoms with Crippen LogP contribution in [0.1, 0.15) is 27.8 Å². The van der Waals surface area contributed by atoms with E-state index in [0.29, 0.717) is 19.0 Å². The number of ether oxygens (including phenoxy) is 4. The maximum absolute atomic E-state index is 14.4. The maximum atomic E-state index is 14.4. The minimum absolute atomic E-state index is 0.0762. The third-order valence-corrected chi connectivity index (χ3v) is 3.74. The SMILES string of the molecule is COc1ccc(COc2c(F)cc(C(=O)O)cc2C2OCCO2)cc1. The Kier molecular flexibility index (Phi) is 5.16. The molecule has 0 spiro atoms. The molecule has 25 heavy (non-hydrogen) atoms. The number of methoxy groups -OCH3 is 1. The van der Waals surface area contributed by atoms with Crippen LogP contribution in [0.3, 0.4) is 0 Å². The van der Waals surface area contributed by atoms with Gasteiger partial charge in [-0.15, -0.1) is 0 Å². The number of halogens is 1. The fourth-order valence-electron chi connectivity index (χ4n) is 2.48. The van der Waals surface area contributed by atoms with Crippen LogP contribution in [0.4, 0.5) is 4.39 Å². The van der Waals surface area contributed by atoms with E-state index in [-0.39, 0.29) is 23.5 Å². The van der Waals surface area contributed by atoms with Crippen molar-refractivity contribution in [3.8, 4) is 11.5 Å². The van der Waals surface area contributed by atoms with Crippen molar-refractivity contribution >= 4 is 5.97 Å². The molecule has 6 nitrogen and oxygen atoms in total. The van der Waals surface area contributed by atoms with E-state index in [1.807, 2.05) is 0 Å². The van der Waals surface area contributed by atoms with Crippen LogP contribution < -0.4 is 9.47 Å². The number of carboxylic acid groups (broad SMARTS) is 1. The Hall–Kier alpha value is -2.64. The molecule has 0 aliphatic carbocycles. The van der Waals surface area contributed by atoms with E-state index in [1.54, 1.807) is 31.4 Å². The van der Waals surface area contributed by atoms with Gasteiger partial charge in [0.2, 0.25) is 0 Å². The first-order chi connectivity index (χ1) is 12.1. The largest absolute Gasteiger partial charge is 0.497 e. The maximum Gasteiger partial charge on any atom is 0.335 e. The van der Waals surface area contributed by atoms with Crippen LogP contribution in [0.15, 0.2) is 36.4 Å². The number of aromatic carboxylic acids is 1. The Morgan fingerprint density at radius 3 is 2.52 bits per heavy atom. The molecule has 1 fully saturated rings. The average Bonchev–Trinajstić information content (AvgIpc) is 3.15. The zero-order chi connectivity index (χ0) is 17.8. The van der Waals surface area contributed by atoms with Crippen molar-refractivity contribution in [2.45, 2.75) is 12.9 Å². The van der Waals surface area contributed by atoms with E-state index in [2.05, 4.69) is 0 Å². The van der Waals surface area contributed by atoms with Crippen LogP contribution in [-0.4, -0.2) is 31.4 Å². The van der Waals surface area contributed by atoms with E-state index >= 15 is 0 Å². The first-order valence-electron chi connectivity index (χ1n) is 7.64. The number of hydrogen-bond acceptors (Lipinski definition) is 5. The molecule has 0 unspecified atom stereocenters. The molecule has 0 saturated carbocycles. The topological polar surface area (TPSA) is 74.2 Å². The van der Waals surface area contributed by atoms with E-state index in [4.69, 9.17) is 24.1 Å². The summed E-state index contributed by atoms with van der Waals surface area (Å²) in [6.45, 7) is 0.802. The van der Waals surface area contributed by atoms with Crippen LogP contribution in [0.5, 0.6) is 11.5 Å². The van der Waals surface area contributed by atoms with Gasteiger partial charge >= 0.3 is 5.97 Å². The van der Waals surface area contributed by atoms with Gasteiger partial charge < -0.3 is 24.1 Å². The van der Waals surface area contributed by atoms with Crippen molar-refractivity contribution in [1.29, 1.82) is 0 Å². The summed E-state index contributed by atoms with van der Waals surface area (Å²) in [5, 5.41) is 9.12. The molecule has 0 atom stereocenters. The first-order valence-corrected chi connectivity index (χ1v) is 7.64. The second-order valence-electron chi connectivity index (χ2n) is 5.39. The lowest BCUT2D eigenvalue weighted by Gasteiger charge is -2.17. The van der Waals surface area contributed by atoms with Gasteiger partial charge in [-0.3, -0.25) is 0 Å². The van der Waals surface area contributed by atoms with Gasteiger partial charge in [-0.1, -0.05) is 12.1 Å². The predicted molar refractivity (Wildman–Crippen MR) is 85.3 cm³/mol. The van der Waals surface area contributed by atoms with E-state index in [1.165, 1.54) is 6.07 Å². The third kappa shape index (κ3) is 3.89. The van der Waals surface area contributed by atoms with E-state index in [0.717, 1.165) is 11.6 Å². The van der Waals surface area contributed by atoms with Gasteiger partial charge in [0.05, 0.1) is 31.5 Å². The van der Waals surface area contributed by atoms with Crippen molar-refractivity contribution in [2.75, 3.05) is 20.3 Å². The smallest absolute Gasteiger partial charge is 0.335 e. The molecular formula is C18H17FO6. The molecule has 1 heterocycles. The van der Waals surface area contributed by atoms with Crippen LogP contribution in [0.2, 0.25) is 0 Å². The van der Waals surface area contributed by atoms with Gasteiger partial charge in [-0.05, 0) is 29.8 Å². The van der Waals surface area contributed by atoms with Crippen molar-refractivity contribution in [1.82, 2.24) is 0 Å². The predicted octanol–water partition coefficient (Wildman–Crippen LogP) is 3.16. The number of rotatable bonds is 6. The summed E-state index contributed by atoms with van der Waals surface area (Å²) in [6.07, 6.45) is -0.848. The molecule has 1 saturated heterocycles. The summed E-state index contributed by atoms with van der Waals surface area (Å²) in [4.78, 5) is 11.2. The highest BCUT2D eigenvalue weighted by atomic mass is 19.1. The van der Waals surface area contributed by atoms with Gasteiger partial charge in [0.15, 0.2) is 17.9 Å². The second kappa shape index (κ2) is 7.50. The zero-order valence-electron chi connectivity index (χ0n) is 13.5. The molecule has 0 amide bonds. The molecule has 1 aliphatic rings. The molecule has 2 aromatic carbocycles. The number of carbonyl (C=O) groups is 1. The van der Waals surface area contributed by atoms with Crippen LogP contribution in [0, 0.1) is 5.82 Å². The van der Waals surface area contributed by atoms with Crippen molar-refractivity contribution < 1.29 is 33.2 Å². The summed E-state index contributed by atoms with van der Waals surface area (Å²) in [7, 11) is 1.57. The van der Waals surface area contributed by atoms with E-state index < -0.39 is 18.1 Å². The number of benzene rings is 2. The molecule has 3 rings (SSSR count). The minimum atomic E-state index is -1.24. The van der Waals surface area contributed by atoms with Gasteiger partial charge in [-0.2, -0.15) is 0 Å². The highest BCUT2D eigenvalue weighted by Crippen LogP contribution is 2.35. The Morgan fingerprint density at radius 1 is 1.24 bits per heavy atom. The van der Waals surface area contributed by atoms with Crippen molar-refractivity contribution in [3.05, 3.63) is 58.9 Å². The number of hydrogen-bond donors (Lipinski definition) is 1. The van der Waals surface area contributed by atoms with Crippen LogP contribution >= 0.6 is 0 Å². The van der Waals surface area contributed by atoms with Crippen LogP contribution in [-0.2, 0) is 16.1 Å². The Bertz CT molecular complexity index is 753. The highest BCUT2D eigenvalue weighted by Gasteiger charge is 2.26. The normalized spacial score (nSPS) is 14.5. The zero-order valence-corrected chi connectivity index (χ0v) is 13.5. The fourth-order valence-corrected chi connectivity index (χ4v) is 2.48. The molecular weight excluding hydrogens is 331 g/mol. The van der Waals surface area contributed by atoms with E-state index in [9.17, 15) is 9.18 Å². The monoisotopic (exact) mass is 348 g/mol. The van der Waals surface area contributed by atoms with Crippen LogP contribution in [0.25, 0.3) is 0 Å². The lowest BCUT2D eigenvalue weighted by molar-refractivity contribution is -0.0462. The standard InChI is InChI=1S/C18H17FO6/c1-22-13-4-2-11(3-5-13)10-25-16-14(18-23-6-7-24-18)8-12(17(20)21)9-15(16)19/h2-5,8-9,18H,6-7,10H2,1H3,(H,20,21). The van der Waals surface area contributed by atoms with Gasteiger partial charge in [-0.25, -0.2) is 9.18 Å². The summed E-state index contributed by atoms with van der Waals surface area (Å²) >= 11 is 0. The molecule has 2 aromatic rings. The second-order valence-corrected chi connectivity index (χ2v) is 5.39. The third-order valence-electron chi connectivity index (χ3n) is 3.74. The minimum Gasteiger partial charge on any atom is -0.497 e. The Labute approximate surface area is 143 Å². The summed E-state index contributed by atoms with van der Waals surface area (Å²) in [5.41, 5.74) is 0.841. The molecule has 1 N–H and O–H groups in total. The summed E-state index contributed by atoms with van der Waals surface area (Å²) < 4.78 is 35.9. The highest BCUT2D eigenvalue weighted by molar-refractivity contribution is 5.88. The fraction of sp³-hybridized carbons (Fsp3) is 0.278. The molecule has 132 valence electrons.